The number of fused-ring (bicyclic) bond motifs is 3. The Labute approximate surface area is 282 Å². The molecular weight excluding hydrogens is 596 g/mol. The lowest BCUT2D eigenvalue weighted by Gasteiger charge is -2.61. The molecule has 2 bridgehead atoms. The molecule has 2 fully saturated rings. The van der Waals surface area contributed by atoms with E-state index in [2.05, 4.69) is 20.8 Å². The van der Waals surface area contributed by atoms with Crippen molar-refractivity contribution in [2.45, 2.75) is 156 Å². The van der Waals surface area contributed by atoms with Crippen molar-refractivity contribution in [1.82, 2.24) is 0 Å². The predicted molar refractivity (Wildman–Crippen MR) is 181 cm³/mol. The minimum atomic E-state index is -2.25. The number of esters is 2. The van der Waals surface area contributed by atoms with Crippen LogP contribution in [-0.2, 0) is 23.9 Å². The second-order valence-corrected chi connectivity index (χ2v) is 16.5. The summed E-state index contributed by atoms with van der Waals surface area (Å²) in [4.78, 5) is 41.8. The van der Waals surface area contributed by atoms with Crippen molar-refractivity contribution in [3.8, 4) is 0 Å². The maximum absolute atomic E-state index is 15.0. The molecule has 9 atom stereocenters. The number of carbonyl (C=O) groups excluding carboxylic acids is 3. The number of Topliss-reactive ketones (excluding diaryl/α,β-unsaturated/α-hetero) is 1. The summed E-state index contributed by atoms with van der Waals surface area (Å²) in [5.41, 5.74) is -4.61. The van der Waals surface area contributed by atoms with Crippen molar-refractivity contribution >= 4 is 17.7 Å². The number of hydrogen-bond acceptors (Lipinski definition) is 8. The number of ether oxygens (including phenoxy) is 2. The van der Waals surface area contributed by atoms with E-state index in [1.54, 1.807) is 26.0 Å². The van der Waals surface area contributed by atoms with Crippen molar-refractivity contribution in [1.29, 1.82) is 0 Å². The lowest BCUT2D eigenvalue weighted by molar-refractivity contribution is -0.229. The molecule has 0 amide bonds. The monoisotopic (exact) mass is 658 g/mol. The van der Waals surface area contributed by atoms with Gasteiger partial charge >= 0.3 is 11.9 Å². The first kappa shape index (κ1) is 37.8. The number of rotatable bonds is 15. The molecule has 0 aromatic rings. The highest BCUT2D eigenvalue weighted by Gasteiger charge is 2.77. The fourth-order valence-corrected chi connectivity index (χ4v) is 9.82. The third-order valence-electron chi connectivity index (χ3n) is 12.3. The van der Waals surface area contributed by atoms with Crippen LogP contribution in [0.1, 0.15) is 132 Å². The molecule has 0 heterocycles. The number of allylic oxidation sites excluding steroid dienone is 1. The quantitative estimate of drug-likeness (QED) is 0.102. The Balaban J connectivity index is 1.63. The normalized spacial score (nSPS) is 36.3. The van der Waals surface area contributed by atoms with Crippen LogP contribution >= 0.6 is 0 Å². The zero-order chi connectivity index (χ0) is 34.9. The first-order chi connectivity index (χ1) is 22.0. The van der Waals surface area contributed by atoms with Crippen molar-refractivity contribution in [3.05, 3.63) is 23.3 Å². The molecule has 4 rings (SSSR count). The molecule has 4 aliphatic carbocycles. The summed E-state index contributed by atoms with van der Waals surface area (Å²) in [6.07, 6.45) is 11.9. The Hall–Kier alpha value is -2.03. The number of hydrogen-bond donors (Lipinski definition) is 3. The van der Waals surface area contributed by atoms with Crippen LogP contribution in [0.2, 0.25) is 0 Å². The molecule has 0 aromatic carbocycles. The first-order valence-corrected chi connectivity index (χ1v) is 18.4. The van der Waals surface area contributed by atoms with Crippen LogP contribution in [0.3, 0.4) is 0 Å². The lowest BCUT2D eigenvalue weighted by Crippen LogP contribution is -2.65. The van der Waals surface area contributed by atoms with Gasteiger partial charge in [-0.25, -0.2) is 0 Å². The van der Waals surface area contributed by atoms with Gasteiger partial charge < -0.3 is 24.8 Å². The maximum atomic E-state index is 15.0. The van der Waals surface area contributed by atoms with Gasteiger partial charge in [0.05, 0.1) is 17.9 Å². The van der Waals surface area contributed by atoms with Crippen LogP contribution in [-0.4, -0.2) is 63.1 Å². The van der Waals surface area contributed by atoms with E-state index in [0.29, 0.717) is 24.8 Å². The summed E-state index contributed by atoms with van der Waals surface area (Å²) in [6.45, 7) is 14.9. The first-order valence-electron chi connectivity index (χ1n) is 18.4. The lowest BCUT2D eigenvalue weighted by atomic mass is 9.47. The van der Waals surface area contributed by atoms with Crippen LogP contribution in [0.15, 0.2) is 23.3 Å². The Bertz CT molecular complexity index is 1230. The molecule has 8 nitrogen and oxygen atoms in total. The Kier molecular flexibility index (Phi) is 11.6. The molecule has 0 aliphatic heterocycles. The molecule has 1 spiro atoms. The van der Waals surface area contributed by atoms with Crippen LogP contribution in [0.25, 0.3) is 0 Å². The second-order valence-electron chi connectivity index (χ2n) is 16.5. The molecule has 3 N–H and O–H groups in total. The van der Waals surface area contributed by atoms with E-state index in [-0.39, 0.29) is 28.7 Å². The minimum Gasteiger partial charge on any atom is -0.459 e. The van der Waals surface area contributed by atoms with Crippen molar-refractivity contribution in [2.75, 3.05) is 6.61 Å². The van der Waals surface area contributed by atoms with Gasteiger partial charge in [0.15, 0.2) is 17.5 Å². The zero-order valence-corrected chi connectivity index (χ0v) is 30.3. The van der Waals surface area contributed by atoms with Gasteiger partial charge in [-0.2, -0.15) is 0 Å². The molecule has 2 saturated carbocycles. The number of aliphatic hydroxyl groups is 3. The molecule has 1 unspecified atom stereocenters. The van der Waals surface area contributed by atoms with Crippen molar-refractivity contribution in [2.24, 2.45) is 40.4 Å². The fourth-order valence-electron chi connectivity index (χ4n) is 9.82. The van der Waals surface area contributed by atoms with E-state index in [9.17, 15) is 24.9 Å². The van der Waals surface area contributed by atoms with Gasteiger partial charge in [0.1, 0.15) is 11.7 Å². The van der Waals surface area contributed by atoms with E-state index in [1.165, 1.54) is 38.5 Å². The van der Waals surface area contributed by atoms with Crippen LogP contribution in [0.4, 0.5) is 0 Å². The average Bonchev–Trinajstić information content (AvgIpc) is 3.16. The fraction of sp³-hybridized carbons (Fsp3) is 0.821. The Morgan fingerprint density at radius 1 is 1.02 bits per heavy atom. The highest BCUT2D eigenvalue weighted by Crippen LogP contribution is 2.69. The number of aliphatic hydroxyl groups excluding tert-OH is 2. The molecule has 8 heteroatoms. The van der Waals surface area contributed by atoms with E-state index < -0.39 is 65.1 Å². The molecule has 4 aliphatic rings. The summed E-state index contributed by atoms with van der Waals surface area (Å²) in [5.74, 6) is -3.40. The Morgan fingerprint density at radius 2 is 1.62 bits per heavy atom. The third kappa shape index (κ3) is 6.52. The number of carbonyl (C=O) groups is 3. The number of unbranched alkanes of at least 4 members (excludes halogenated alkanes) is 8. The average molecular weight is 659 g/mol. The van der Waals surface area contributed by atoms with Gasteiger partial charge in [0.2, 0.25) is 0 Å². The van der Waals surface area contributed by atoms with Gasteiger partial charge in [-0.15, -0.1) is 0 Å². The summed E-state index contributed by atoms with van der Waals surface area (Å²) >= 11 is 0. The minimum absolute atomic E-state index is 0.0190. The maximum Gasteiger partial charge on any atom is 0.309 e. The standard InChI is InChI=1S/C39H62O8/c1-9-10-11-12-13-14-15-16-17-18-30(41)47-37-21-26(5)38-20-25(4)34(46-35(44)27(6)24(2)3)39(38,45)32(42)28(22-40)19-29(33(38)43)31(37)36(7,8)23-37/h19-20,24,26-27,29,31-32,34,40,42,45H,9-18,21-23H2,1-8H3/t26-,27?,29+,31-,32-,34+,37-,38+,39+/m1/s1. The third-order valence-corrected chi connectivity index (χ3v) is 12.3. The molecular formula is C39H62O8. The molecule has 0 aromatic heterocycles. The second kappa shape index (κ2) is 14.4. The summed E-state index contributed by atoms with van der Waals surface area (Å²) in [5, 5.41) is 35.2. The van der Waals surface area contributed by atoms with Gasteiger partial charge in [0, 0.05) is 18.3 Å². The van der Waals surface area contributed by atoms with Gasteiger partial charge in [-0.05, 0) is 54.6 Å². The number of ketones is 1. The zero-order valence-electron chi connectivity index (χ0n) is 30.3. The molecule has 0 radical (unpaired) electrons. The SMILES string of the molecule is CCCCCCCCCCCC(=O)O[C@@]12C[C@@H](C)[C@]34C=C(C)[C@H](OC(=O)C(C)C(C)C)[C@@]3(O)[C@H](O)C(CO)=C[C@H](C4=O)[C@@H]1C(C)(C)C2. The van der Waals surface area contributed by atoms with E-state index in [0.717, 1.165) is 19.3 Å². The summed E-state index contributed by atoms with van der Waals surface area (Å²) < 4.78 is 12.4. The summed E-state index contributed by atoms with van der Waals surface area (Å²) in [7, 11) is 0. The van der Waals surface area contributed by atoms with E-state index in [1.807, 2.05) is 20.8 Å². The smallest absolute Gasteiger partial charge is 0.309 e. The van der Waals surface area contributed by atoms with E-state index in [4.69, 9.17) is 9.47 Å². The van der Waals surface area contributed by atoms with Crippen LogP contribution in [0, 0.1) is 40.4 Å². The van der Waals surface area contributed by atoms with Crippen molar-refractivity contribution in [3.63, 3.8) is 0 Å². The van der Waals surface area contributed by atoms with Gasteiger partial charge in [0.25, 0.3) is 0 Å². The van der Waals surface area contributed by atoms with Crippen LogP contribution in [0.5, 0.6) is 0 Å². The summed E-state index contributed by atoms with van der Waals surface area (Å²) in [6, 6.07) is 0. The highest BCUT2D eigenvalue weighted by atomic mass is 16.6. The van der Waals surface area contributed by atoms with E-state index >= 15 is 4.79 Å². The van der Waals surface area contributed by atoms with Gasteiger partial charge in [-0.1, -0.05) is 112 Å². The van der Waals surface area contributed by atoms with Crippen LogP contribution < -0.4 is 0 Å². The largest absolute Gasteiger partial charge is 0.459 e. The van der Waals surface area contributed by atoms with Crippen molar-refractivity contribution < 1.29 is 39.2 Å². The topological polar surface area (TPSA) is 130 Å². The molecule has 266 valence electrons. The Morgan fingerprint density at radius 3 is 2.17 bits per heavy atom. The van der Waals surface area contributed by atoms with Gasteiger partial charge in [-0.3, -0.25) is 14.4 Å². The predicted octanol–water partition coefficient (Wildman–Crippen LogP) is 6.64. The molecule has 0 saturated heterocycles. The molecule has 47 heavy (non-hydrogen) atoms. The highest BCUT2D eigenvalue weighted by molar-refractivity contribution is 5.95.